The Labute approximate surface area is 131 Å². The number of benzene rings is 2. The van der Waals surface area contributed by atoms with Crippen LogP contribution in [0, 0.1) is 5.82 Å². The van der Waals surface area contributed by atoms with Gasteiger partial charge in [0.15, 0.2) is 0 Å². The van der Waals surface area contributed by atoms with E-state index >= 15 is 0 Å². The molecule has 6 heteroatoms. The molecule has 0 heterocycles. The molecule has 0 aliphatic carbocycles. The van der Waals surface area contributed by atoms with Gasteiger partial charge in [-0.05, 0) is 23.8 Å². The van der Waals surface area contributed by atoms with Gasteiger partial charge in [-0.2, -0.15) is 0 Å². The first-order valence-electron chi connectivity index (χ1n) is 6.09. The van der Waals surface area contributed by atoms with Crippen LogP contribution in [0.3, 0.4) is 0 Å². The summed E-state index contributed by atoms with van der Waals surface area (Å²) in [5.41, 5.74) is 7.44. The van der Waals surface area contributed by atoms with E-state index in [1.54, 1.807) is 24.3 Å². The molecular formula is C15H12ClFN2OS. The van der Waals surface area contributed by atoms with Crippen LogP contribution in [0.1, 0.15) is 11.1 Å². The number of rotatable bonds is 4. The fourth-order valence-corrected chi connectivity index (χ4v) is 2.11. The van der Waals surface area contributed by atoms with Gasteiger partial charge < -0.3 is 11.1 Å². The summed E-state index contributed by atoms with van der Waals surface area (Å²) in [7, 11) is 0. The van der Waals surface area contributed by atoms with Crippen LogP contribution < -0.4 is 11.1 Å². The number of amides is 1. The molecule has 0 radical (unpaired) electrons. The Morgan fingerprint density at radius 2 is 1.90 bits per heavy atom. The molecule has 21 heavy (non-hydrogen) atoms. The van der Waals surface area contributed by atoms with Crippen molar-refractivity contribution in [2.75, 3.05) is 5.32 Å². The third kappa shape index (κ3) is 4.24. The molecule has 0 fully saturated rings. The van der Waals surface area contributed by atoms with Crippen LogP contribution >= 0.6 is 23.8 Å². The first-order chi connectivity index (χ1) is 9.95. The summed E-state index contributed by atoms with van der Waals surface area (Å²) in [5.74, 6) is -0.696. The highest BCUT2D eigenvalue weighted by Gasteiger charge is 2.08. The van der Waals surface area contributed by atoms with E-state index in [1.165, 1.54) is 12.1 Å². The van der Waals surface area contributed by atoms with Crippen molar-refractivity contribution < 1.29 is 9.18 Å². The third-order valence-corrected chi connectivity index (χ3v) is 3.36. The second kappa shape index (κ2) is 6.65. The van der Waals surface area contributed by atoms with Crippen molar-refractivity contribution in [2.24, 2.45) is 5.73 Å². The Balaban J connectivity index is 2.02. The van der Waals surface area contributed by atoms with Crippen LogP contribution in [-0.4, -0.2) is 10.9 Å². The number of nitrogens with two attached hydrogens (primary N) is 1. The van der Waals surface area contributed by atoms with Gasteiger partial charge in [0, 0.05) is 5.56 Å². The van der Waals surface area contributed by atoms with Crippen LogP contribution in [0.25, 0.3) is 0 Å². The quantitative estimate of drug-likeness (QED) is 0.849. The summed E-state index contributed by atoms with van der Waals surface area (Å²) in [6.07, 6.45) is 0.172. The number of nitrogens with one attached hydrogen (secondary N) is 1. The highest BCUT2D eigenvalue weighted by Crippen LogP contribution is 2.22. The van der Waals surface area contributed by atoms with Crippen molar-refractivity contribution in [3.05, 3.63) is 64.4 Å². The largest absolute Gasteiger partial charge is 0.389 e. The van der Waals surface area contributed by atoms with E-state index in [-0.39, 0.29) is 17.4 Å². The number of halogens is 2. The van der Waals surface area contributed by atoms with E-state index in [4.69, 9.17) is 29.6 Å². The molecule has 0 aromatic heterocycles. The van der Waals surface area contributed by atoms with Gasteiger partial charge in [-0.15, -0.1) is 0 Å². The normalized spacial score (nSPS) is 10.2. The first kappa shape index (κ1) is 15.4. The lowest BCUT2D eigenvalue weighted by Crippen LogP contribution is -2.15. The van der Waals surface area contributed by atoms with Gasteiger partial charge in [-0.3, -0.25) is 4.79 Å². The maximum absolute atomic E-state index is 12.9. The fourth-order valence-electron chi connectivity index (χ4n) is 1.76. The van der Waals surface area contributed by atoms with Crippen LogP contribution in [0.15, 0.2) is 42.5 Å². The monoisotopic (exact) mass is 322 g/mol. The summed E-state index contributed by atoms with van der Waals surface area (Å²) in [6, 6.07) is 10.9. The van der Waals surface area contributed by atoms with Gasteiger partial charge in [0.2, 0.25) is 5.91 Å². The van der Waals surface area contributed by atoms with Gasteiger partial charge in [-0.1, -0.05) is 48.1 Å². The smallest absolute Gasteiger partial charge is 0.228 e. The van der Waals surface area contributed by atoms with Crippen molar-refractivity contribution in [3.63, 3.8) is 0 Å². The molecule has 2 aromatic carbocycles. The molecule has 0 spiro atoms. The number of hydrogen-bond donors (Lipinski definition) is 2. The zero-order valence-electron chi connectivity index (χ0n) is 10.9. The van der Waals surface area contributed by atoms with Gasteiger partial charge >= 0.3 is 0 Å². The standard InChI is InChI=1S/C15H12ClFN2OS/c16-12-8-11(17)5-6-13(12)19-14(20)7-9-1-3-10(4-2-9)15(18)21/h1-6,8H,7H2,(H2,18,21)(H,19,20). The Morgan fingerprint density at radius 1 is 1.24 bits per heavy atom. The van der Waals surface area contributed by atoms with Crippen molar-refractivity contribution in [1.82, 2.24) is 0 Å². The average Bonchev–Trinajstić information content (AvgIpc) is 2.42. The highest BCUT2D eigenvalue weighted by atomic mass is 35.5. The predicted molar refractivity (Wildman–Crippen MR) is 86.1 cm³/mol. The van der Waals surface area contributed by atoms with Crippen molar-refractivity contribution in [1.29, 1.82) is 0 Å². The third-order valence-electron chi connectivity index (χ3n) is 2.81. The maximum atomic E-state index is 12.9. The van der Waals surface area contributed by atoms with Crippen LogP contribution in [0.4, 0.5) is 10.1 Å². The average molecular weight is 323 g/mol. The Morgan fingerprint density at radius 3 is 2.48 bits per heavy atom. The molecular weight excluding hydrogens is 311 g/mol. The summed E-state index contributed by atoms with van der Waals surface area (Å²) in [4.78, 5) is 12.2. The van der Waals surface area contributed by atoms with E-state index in [9.17, 15) is 9.18 Å². The number of thiocarbonyl (C=S) groups is 1. The molecule has 0 saturated carbocycles. The second-order valence-electron chi connectivity index (χ2n) is 4.41. The fraction of sp³-hybridized carbons (Fsp3) is 0.0667. The molecule has 2 rings (SSSR count). The van der Waals surface area contributed by atoms with E-state index < -0.39 is 5.82 Å². The molecule has 0 aliphatic rings. The molecule has 0 saturated heterocycles. The van der Waals surface area contributed by atoms with Crippen molar-refractivity contribution in [3.8, 4) is 0 Å². The molecule has 108 valence electrons. The Hall–Kier alpha value is -1.98. The van der Waals surface area contributed by atoms with Gasteiger partial charge in [-0.25, -0.2) is 4.39 Å². The summed E-state index contributed by atoms with van der Waals surface area (Å²) >= 11 is 10.7. The number of anilines is 1. The van der Waals surface area contributed by atoms with Crippen molar-refractivity contribution in [2.45, 2.75) is 6.42 Å². The van der Waals surface area contributed by atoms with E-state index in [2.05, 4.69) is 5.32 Å². The van der Waals surface area contributed by atoms with Crippen LogP contribution in [0.2, 0.25) is 5.02 Å². The molecule has 3 nitrogen and oxygen atoms in total. The lowest BCUT2D eigenvalue weighted by atomic mass is 10.1. The van der Waals surface area contributed by atoms with Crippen LogP contribution in [0.5, 0.6) is 0 Å². The van der Waals surface area contributed by atoms with Crippen molar-refractivity contribution >= 4 is 40.4 Å². The number of hydrogen-bond acceptors (Lipinski definition) is 2. The minimum Gasteiger partial charge on any atom is -0.389 e. The second-order valence-corrected chi connectivity index (χ2v) is 5.26. The first-order valence-corrected chi connectivity index (χ1v) is 6.88. The zero-order valence-corrected chi connectivity index (χ0v) is 12.5. The summed E-state index contributed by atoms with van der Waals surface area (Å²) < 4.78 is 12.9. The lowest BCUT2D eigenvalue weighted by Gasteiger charge is -2.08. The van der Waals surface area contributed by atoms with E-state index in [1.807, 2.05) is 0 Å². The zero-order chi connectivity index (χ0) is 15.4. The minimum absolute atomic E-state index is 0.159. The minimum atomic E-state index is -0.452. The molecule has 0 atom stereocenters. The lowest BCUT2D eigenvalue weighted by molar-refractivity contribution is -0.115. The molecule has 3 N–H and O–H groups in total. The molecule has 0 aliphatic heterocycles. The van der Waals surface area contributed by atoms with E-state index in [0.717, 1.165) is 17.2 Å². The SMILES string of the molecule is NC(=S)c1ccc(CC(=O)Nc2ccc(F)cc2Cl)cc1. The van der Waals surface area contributed by atoms with E-state index in [0.29, 0.717) is 10.7 Å². The number of carbonyl (C=O) groups excluding carboxylic acids is 1. The molecule has 0 bridgehead atoms. The number of carbonyl (C=O) groups is 1. The predicted octanol–water partition coefficient (Wildman–Crippen LogP) is 3.29. The molecule has 0 unspecified atom stereocenters. The highest BCUT2D eigenvalue weighted by molar-refractivity contribution is 7.80. The molecule has 1 amide bonds. The Kier molecular flexibility index (Phi) is 4.88. The summed E-state index contributed by atoms with van der Waals surface area (Å²) in [6.45, 7) is 0. The topological polar surface area (TPSA) is 55.1 Å². The van der Waals surface area contributed by atoms with Gasteiger partial charge in [0.25, 0.3) is 0 Å². The summed E-state index contributed by atoms with van der Waals surface area (Å²) in [5, 5.41) is 2.79. The van der Waals surface area contributed by atoms with Gasteiger partial charge in [0.05, 0.1) is 17.1 Å². The Bertz CT molecular complexity index is 689. The van der Waals surface area contributed by atoms with Crippen LogP contribution in [-0.2, 0) is 11.2 Å². The van der Waals surface area contributed by atoms with Gasteiger partial charge in [0.1, 0.15) is 10.8 Å². The maximum Gasteiger partial charge on any atom is 0.228 e. The molecule has 2 aromatic rings.